The average molecular weight is 218 g/mol. The highest BCUT2D eigenvalue weighted by molar-refractivity contribution is 5.78. The van der Waals surface area contributed by atoms with Crippen LogP contribution >= 0.6 is 0 Å². The SMILES string of the molecule is O=C/C(F)=C/c1ccc(C(F)(F)F)cc1. The van der Waals surface area contributed by atoms with Gasteiger partial charge in [-0.2, -0.15) is 13.2 Å². The summed E-state index contributed by atoms with van der Waals surface area (Å²) in [4.78, 5) is 9.91. The molecule has 0 bridgehead atoms. The molecule has 0 fully saturated rings. The predicted octanol–water partition coefficient (Wildman–Crippen LogP) is 3.21. The van der Waals surface area contributed by atoms with Gasteiger partial charge in [0.05, 0.1) is 5.56 Å². The molecule has 0 atom stereocenters. The molecule has 80 valence electrons. The van der Waals surface area contributed by atoms with Crippen molar-refractivity contribution in [3.05, 3.63) is 41.2 Å². The zero-order valence-electron chi connectivity index (χ0n) is 7.38. The van der Waals surface area contributed by atoms with Gasteiger partial charge in [-0.15, -0.1) is 0 Å². The van der Waals surface area contributed by atoms with Crippen LogP contribution in [0.3, 0.4) is 0 Å². The topological polar surface area (TPSA) is 17.1 Å². The van der Waals surface area contributed by atoms with Crippen LogP contribution in [0, 0.1) is 0 Å². The number of carbonyl (C=O) groups is 1. The molecule has 15 heavy (non-hydrogen) atoms. The smallest absolute Gasteiger partial charge is 0.295 e. The molecule has 1 nitrogen and oxygen atoms in total. The molecule has 0 aliphatic carbocycles. The lowest BCUT2D eigenvalue weighted by molar-refractivity contribution is -0.137. The normalized spacial score (nSPS) is 12.7. The highest BCUT2D eigenvalue weighted by Gasteiger charge is 2.29. The largest absolute Gasteiger partial charge is 0.416 e. The summed E-state index contributed by atoms with van der Waals surface area (Å²) in [6.07, 6.45) is -3.57. The number of halogens is 4. The van der Waals surface area contributed by atoms with Gasteiger partial charge < -0.3 is 0 Å². The Bertz CT molecular complexity index is 375. The van der Waals surface area contributed by atoms with Crippen LogP contribution in [0.2, 0.25) is 0 Å². The summed E-state index contributed by atoms with van der Waals surface area (Å²) < 4.78 is 48.7. The fourth-order valence-electron chi connectivity index (χ4n) is 0.962. The molecule has 1 aromatic rings. The maximum absolute atomic E-state index is 12.4. The zero-order valence-corrected chi connectivity index (χ0v) is 7.38. The molecular formula is C10H6F4O. The summed E-state index contributed by atoms with van der Waals surface area (Å²) >= 11 is 0. The van der Waals surface area contributed by atoms with Gasteiger partial charge in [0.2, 0.25) is 0 Å². The lowest BCUT2D eigenvalue weighted by Crippen LogP contribution is -2.03. The van der Waals surface area contributed by atoms with E-state index in [0.717, 1.165) is 30.3 Å². The molecule has 0 unspecified atom stereocenters. The van der Waals surface area contributed by atoms with Crippen molar-refractivity contribution in [2.45, 2.75) is 6.18 Å². The summed E-state index contributed by atoms with van der Waals surface area (Å²) in [7, 11) is 0. The highest BCUT2D eigenvalue weighted by Crippen LogP contribution is 2.29. The number of hydrogen-bond donors (Lipinski definition) is 0. The van der Waals surface area contributed by atoms with Crippen molar-refractivity contribution in [1.82, 2.24) is 0 Å². The summed E-state index contributed by atoms with van der Waals surface area (Å²) in [6.45, 7) is 0. The quantitative estimate of drug-likeness (QED) is 0.423. The van der Waals surface area contributed by atoms with Gasteiger partial charge in [0.25, 0.3) is 0 Å². The molecule has 0 spiro atoms. The Morgan fingerprint density at radius 2 is 1.67 bits per heavy atom. The molecule has 0 radical (unpaired) electrons. The van der Waals surface area contributed by atoms with Gasteiger partial charge >= 0.3 is 6.18 Å². The second-order valence-electron chi connectivity index (χ2n) is 2.77. The standard InChI is InChI=1S/C10H6F4O/c11-9(6-15)5-7-1-3-8(4-2-7)10(12,13)14/h1-6H/b9-5-. The van der Waals surface area contributed by atoms with E-state index in [2.05, 4.69) is 0 Å². The van der Waals surface area contributed by atoms with E-state index in [1.165, 1.54) is 0 Å². The molecule has 0 N–H and O–H groups in total. The van der Waals surface area contributed by atoms with Gasteiger partial charge in [-0.25, -0.2) is 4.39 Å². The number of allylic oxidation sites excluding steroid dienone is 1. The second kappa shape index (κ2) is 4.25. The van der Waals surface area contributed by atoms with Gasteiger partial charge in [-0.05, 0) is 23.8 Å². The zero-order chi connectivity index (χ0) is 11.5. The van der Waals surface area contributed by atoms with Crippen LogP contribution in [0.1, 0.15) is 11.1 Å². The number of carbonyl (C=O) groups excluding carboxylic acids is 1. The fourth-order valence-corrected chi connectivity index (χ4v) is 0.962. The summed E-state index contributed by atoms with van der Waals surface area (Å²) in [6, 6.07) is 3.83. The second-order valence-corrected chi connectivity index (χ2v) is 2.77. The molecule has 0 heterocycles. The van der Waals surface area contributed by atoms with E-state index < -0.39 is 17.6 Å². The monoisotopic (exact) mass is 218 g/mol. The molecule has 0 amide bonds. The van der Waals surface area contributed by atoms with Crippen LogP contribution in [-0.4, -0.2) is 6.29 Å². The van der Waals surface area contributed by atoms with Crippen molar-refractivity contribution in [3.63, 3.8) is 0 Å². The minimum atomic E-state index is -4.41. The Hall–Kier alpha value is -1.65. The van der Waals surface area contributed by atoms with E-state index in [-0.39, 0.29) is 11.8 Å². The van der Waals surface area contributed by atoms with E-state index in [4.69, 9.17) is 0 Å². The van der Waals surface area contributed by atoms with Crippen molar-refractivity contribution < 1.29 is 22.4 Å². The van der Waals surface area contributed by atoms with Gasteiger partial charge in [0.15, 0.2) is 12.1 Å². The molecule has 1 aromatic carbocycles. The molecule has 0 aliphatic rings. The molecule has 1 rings (SSSR count). The lowest BCUT2D eigenvalue weighted by Gasteiger charge is -2.05. The first-order valence-corrected chi connectivity index (χ1v) is 3.93. The maximum atomic E-state index is 12.4. The minimum absolute atomic E-state index is 0.0162. The van der Waals surface area contributed by atoms with Gasteiger partial charge in [-0.3, -0.25) is 4.79 Å². The third kappa shape index (κ3) is 3.19. The van der Waals surface area contributed by atoms with Crippen LogP contribution in [0.15, 0.2) is 30.1 Å². The Morgan fingerprint density at radius 3 is 2.07 bits per heavy atom. The van der Waals surface area contributed by atoms with Crippen molar-refractivity contribution in [2.75, 3.05) is 0 Å². The Morgan fingerprint density at radius 1 is 1.13 bits per heavy atom. The van der Waals surface area contributed by atoms with Crippen LogP contribution in [-0.2, 0) is 11.0 Å². The van der Waals surface area contributed by atoms with E-state index in [1.54, 1.807) is 0 Å². The van der Waals surface area contributed by atoms with Crippen molar-refractivity contribution in [3.8, 4) is 0 Å². The van der Waals surface area contributed by atoms with Crippen molar-refractivity contribution in [2.24, 2.45) is 0 Å². The van der Waals surface area contributed by atoms with Crippen molar-refractivity contribution >= 4 is 12.4 Å². The van der Waals surface area contributed by atoms with Crippen LogP contribution < -0.4 is 0 Å². The molecule has 0 aliphatic heterocycles. The van der Waals surface area contributed by atoms with E-state index in [9.17, 15) is 22.4 Å². The fraction of sp³-hybridized carbons (Fsp3) is 0.100. The number of hydrogen-bond acceptors (Lipinski definition) is 1. The Balaban J connectivity index is 2.96. The van der Waals surface area contributed by atoms with E-state index in [0.29, 0.717) is 0 Å². The summed E-state index contributed by atoms with van der Waals surface area (Å²) in [5.74, 6) is -1.03. The first-order chi connectivity index (χ1) is 6.93. The Labute approximate surface area is 83.0 Å². The maximum Gasteiger partial charge on any atom is 0.416 e. The number of benzene rings is 1. The Kier molecular flexibility index (Phi) is 3.24. The van der Waals surface area contributed by atoms with Crippen LogP contribution in [0.25, 0.3) is 6.08 Å². The van der Waals surface area contributed by atoms with Crippen LogP contribution in [0.4, 0.5) is 17.6 Å². The molecule has 0 aromatic heterocycles. The average Bonchev–Trinajstić information content (AvgIpc) is 2.17. The number of rotatable bonds is 2. The first-order valence-electron chi connectivity index (χ1n) is 3.93. The number of aldehydes is 1. The molecule has 0 saturated heterocycles. The molecule has 0 saturated carbocycles. The molecule has 5 heteroatoms. The van der Waals surface area contributed by atoms with E-state index in [1.807, 2.05) is 0 Å². The van der Waals surface area contributed by atoms with Gasteiger partial charge in [-0.1, -0.05) is 12.1 Å². The highest BCUT2D eigenvalue weighted by atomic mass is 19.4. The molecular weight excluding hydrogens is 212 g/mol. The van der Waals surface area contributed by atoms with Crippen molar-refractivity contribution in [1.29, 1.82) is 0 Å². The third-order valence-electron chi connectivity index (χ3n) is 1.66. The lowest BCUT2D eigenvalue weighted by atomic mass is 10.1. The first kappa shape index (κ1) is 11.4. The van der Waals surface area contributed by atoms with Gasteiger partial charge in [0, 0.05) is 0 Å². The minimum Gasteiger partial charge on any atom is -0.295 e. The van der Waals surface area contributed by atoms with Gasteiger partial charge in [0.1, 0.15) is 0 Å². The predicted molar refractivity (Wildman–Crippen MR) is 46.6 cm³/mol. The summed E-state index contributed by atoms with van der Waals surface area (Å²) in [5.41, 5.74) is -0.612. The number of alkyl halides is 3. The van der Waals surface area contributed by atoms with Crippen LogP contribution in [0.5, 0.6) is 0 Å². The van der Waals surface area contributed by atoms with E-state index >= 15 is 0 Å². The third-order valence-corrected chi connectivity index (χ3v) is 1.66. The summed E-state index contributed by atoms with van der Waals surface area (Å²) in [5, 5.41) is 0.